The van der Waals surface area contributed by atoms with Crippen LogP contribution in [0.1, 0.15) is 23.2 Å². The summed E-state index contributed by atoms with van der Waals surface area (Å²) in [7, 11) is 0. The maximum atomic E-state index is 11.7. The number of nitrogens with one attached hydrogen (secondary N) is 1. The number of hydrogen-bond acceptors (Lipinski definition) is 4. The lowest BCUT2D eigenvalue weighted by Gasteiger charge is -2.13. The zero-order valence-corrected chi connectivity index (χ0v) is 9.31. The number of hydrogen-bond donors (Lipinski definition) is 4. The van der Waals surface area contributed by atoms with Crippen LogP contribution < -0.4 is 5.32 Å². The van der Waals surface area contributed by atoms with Gasteiger partial charge in [-0.3, -0.25) is 4.79 Å². The number of aliphatic hydroxyl groups is 1. The van der Waals surface area contributed by atoms with Crippen LogP contribution in [0.15, 0.2) is 18.2 Å². The predicted octanol–water partition coefficient (Wildman–Crippen LogP) is 0.600. The van der Waals surface area contributed by atoms with E-state index in [0.29, 0.717) is 6.54 Å². The molecule has 0 saturated heterocycles. The molecule has 0 unspecified atom stereocenters. The van der Waals surface area contributed by atoms with Crippen LogP contribution in [0.2, 0.25) is 0 Å². The van der Waals surface area contributed by atoms with Gasteiger partial charge in [-0.1, -0.05) is 0 Å². The van der Waals surface area contributed by atoms with E-state index in [4.69, 9.17) is 10.2 Å². The van der Waals surface area contributed by atoms with Crippen molar-refractivity contribution in [1.29, 1.82) is 0 Å². The van der Waals surface area contributed by atoms with Crippen LogP contribution in [0.5, 0.6) is 11.5 Å². The van der Waals surface area contributed by atoms with Gasteiger partial charge in [-0.25, -0.2) is 0 Å². The summed E-state index contributed by atoms with van der Waals surface area (Å²) >= 11 is 0. The fraction of sp³-hybridized carbons (Fsp3) is 0.417. The predicted molar refractivity (Wildman–Crippen MR) is 60.9 cm³/mol. The first kappa shape index (κ1) is 11.7. The maximum Gasteiger partial charge on any atom is 0.255 e. The first-order valence-corrected chi connectivity index (χ1v) is 5.47. The van der Waals surface area contributed by atoms with Crippen LogP contribution in [0.3, 0.4) is 0 Å². The molecule has 0 spiro atoms. The van der Waals surface area contributed by atoms with Crippen LogP contribution in [-0.4, -0.2) is 34.4 Å². The van der Waals surface area contributed by atoms with E-state index >= 15 is 0 Å². The highest BCUT2D eigenvalue weighted by molar-refractivity contribution is 5.97. The van der Waals surface area contributed by atoms with E-state index in [0.717, 1.165) is 18.9 Å². The number of phenolic OH excluding ortho intramolecular Hbond substituents is 2. The Hall–Kier alpha value is -1.75. The number of carbonyl (C=O) groups is 1. The molecule has 1 aromatic carbocycles. The molecule has 1 amide bonds. The summed E-state index contributed by atoms with van der Waals surface area (Å²) in [6.45, 7) is 0.470. The molecule has 1 aliphatic rings. The smallest absolute Gasteiger partial charge is 0.255 e. The van der Waals surface area contributed by atoms with Crippen LogP contribution in [0.25, 0.3) is 0 Å². The third-order valence-electron chi connectivity index (χ3n) is 3.14. The molecule has 0 bridgehead atoms. The van der Waals surface area contributed by atoms with Crippen molar-refractivity contribution in [3.8, 4) is 11.5 Å². The third kappa shape index (κ3) is 2.50. The normalized spacial score (nSPS) is 16.5. The molecule has 5 nitrogen and oxygen atoms in total. The van der Waals surface area contributed by atoms with E-state index in [1.54, 1.807) is 0 Å². The molecule has 1 aromatic rings. The van der Waals surface area contributed by atoms with Crippen molar-refractivity contribution >= 4 is 5.91 Å². The monoisotopic (exact) mass is 237 g/mol. The first-order valence-electron chi connectivity index (χ1n) is 5.47. The number of amides is 1. The molecule has 2 rings (SSSR count). The van der Waals surface area contributed by atoms with Gasteiger partial charge >= 0.3 is 0 Å². The summed E-state index contributed by atoms with van der Waals surface area (Å²) in [6, 6.07) is 3.82. The van der Waals surface area contributed by atoms with Crippen LogP contribution in [0, 0.1) is 5.41 Å². The second kappa shape index (κ2) is 4.25. The molecule has 0 aliphatic heterocycles. The average molecular weight is 237 g/mol. The van der Waals surface area contributed by atoms with Gasteiger partial charge in [-0.15, -0.1) is 0 Å². The van der Waals surface area contributed by atoms with Crippen molar-refractivity contribution in [1.82, 2.24) is 5.32 Å². The zero-order chi connectivity index (χ0) is 12.5. The van der Waals surface area contributed by atoms with E-state index in [1.807, 2.05) is 0 Å². The van der Waals surface area contributed by atoms with E-state index in [-0.39, 0.29) is 29.1 Å². The Morgan fingerprint density at radius 1 is 1.35 bits per heavy atom. The highest BCUT2D eigenvalue weighted by Crippen LogP contribution is 2.44. The third-order valence-corrected chi connectivity index (χ3v) is 3.14. The zero-order valence-electron chi connectivity index (χ0n) is 9.31. The lowest BCUT2D eigenvalue weighted by Crippen LogP contribution is -2.31. The van der Waals surface area contributed by atoms with E-state index in [2.05, 4.69) is 5.32 Å². The SMILES string of the molecule is O=C(NCC1(CO)CC1)c1ccc(O)cc1O. The molecule has 92 valence electrons. The minimum atomic E-state index is -0.401. The fourth-order valence-electron chi connectivity index (χ4n) is 1.64. The van der Waals surface area contributed by atoms with Crippen molar-refractivity contribution < 1.29 is 20.1 Å². The minimum Gasteiger partial charge on any atom is -0.508 e. The van der Waals surface area contributed by atoms with Gasteiger partial charge in [0.15, 0.2) is 0 Å². The van der Waals surface area contributed by atoms with Crippen molar-refractivity contribution in [2.24, 2.45) is 5.41 Å². The molecule has 1 aliphatic carbocycles. The van der Waals surface area contributed by atoms with Gasteiger partial charge < -0.3 is 20.6 Å². The summed E-state index contributed by atoms with van der Waals surface area (Å²) in [4.78, 5) is 11.7. The Kier molecular flexibility index (Phi) is 2.93. The van der Waals surface area contributed by atoms with E-state index in [9.17, 15) is 9.90 Å². The molecule has 4 N–H and O–H groups in total. The highest BCUT2D eigenvalue weighted by Gasteiger charge is 2.42. The van der Waals surface area contributed by atoms with Crippen LogP contribution in [-0.2, 0) is 0 Å². The quantitative estimate of drug-likeness (QED) is 0.617. The number of carbonyl (C=O) groups excluding carboxylic acids is 1. The van der Waals surface area contributed by atoms with Gasteiger partial charge in [0.1, 0.15) is 11.5 Å². The average Bonchev–Trinajstić information content (AvgIpc) is 3.07. The first-order chi connectivity index (χ1) is 8.06. The number of benzene rings is 1. The molecule has 0 radical (unpaired) electrons. The Morgan fingerprint density at radius 3 is 2.59 bits per heavy atom. The van der Waals surface area contributed by atoms with E-state index < -0.39 is 5.91 Å². The summed E-state index contributed by atoms with van der Waals surface area (Å²) in [5.74, 6) is -0.744. The van der Waals surface area contributed by atoms with Gasteiger partial charge in [-0.05, 0) is 25.0 Å². The number of aromatic hydroxyl groups is 2. The molecule has 0 aromatic heterocycles. The second-order valence-electron chi connectivity index (χ2n) is 4.54. The summed E-state index contributed by atoms with van der Waals surface area (Å²) < 4.78 is 0. The van der Waals surface area contributed by atoms with Crippen molar-refractivity contribution in [3.63, 3.8) is 0 Å². The summed E-state index contributed by atoms with van der Waals surface area (Å²) in [5, 5.41) is 30.4. The number of aliphatic hydroxyl groups excluding tert-OH is 1. The lowest BCUT2D eigenvalue weighted by atomic mass is 10.1. The molecule has 1 saturated carbocycles. The van der Waals surface area contributed by atoms with Gasteiger partial charge in [0.05, 0.1) is 12.2 Å². The van der Waals surface area contributed by atoms with Crippen molar-refractivity contribution in [2.45, 2.75) is 12.8 Å². The summed E-state index contributed by atoms with van der Waals surface area (Å²) in [6.07, 6.45) is 1.82. The summed E-state index contributed by atoms with van der Waals surface area (Å²) in [5.41, 5.74) is -0.0427. The molecule has 17 heavy (non-hydrogen) atoms. The molecule has 0 heterocycles. The van der Waals surface area contributed by atoms with E-state index in [1.165, 1.54) is 12.1 Å². The second-order valence-corrected chi connectivity index (χ2v) is 4.54. The molecule has 1 fully saturated rings. The fourth-order valence-corrected chi connectivity index (χ4v) is 1.64. The number of rotatable bonds is 4. The Bertz CT molecular complexity index is 440. The van der Waals surface area contributed by atoms with Gasteiger partial charge in [0.25, 0.3) is 5.91 Å². The van der Waals surface area contributed by atoms with Crippen LogP contribution in [0.4, 0.5) is 0 Å². The lowest BCUT2D eigenvalue weighted by molar-refractivity contribution is 0.0932. The Labute approximate surface area is 98.7 Å². The van der Waals surface area contributed by atoms with Gasteiger partial charge in [-0.2, -0.15) is 0 Å². The van der Waals surface area contributed by atoms with Gasteiger partial charge in [0, 0.05) is 18.0 Å². The minimum absolute atomic E-state index is 0.0643. The van der Waals surface area contributed by atoms with Crippen molar-refractivity contribution in [2.75, 3.05) is 13.2 Å². The van der Waals surface area contributed by atoms with Crippen molar-refractivity contribution in [3.05, 3.63) is 23.8 Å². The maximum absolute atomic E-state index is 11.7. The Balaban J connectivity index is 2.00. The van der Waals surface area contributed by atoms with Gasteiger partial charge in [0.2, 0.25) is 0 Å². The molecular formula is C12H15NO4. The highest BCUT2D eigenvalue weighted by atomic mass is 16.3. The topological polar surface area (TPSA) is 89.8 Å². The largest absolute Gasteiger partial charge is 0.508 e. The van der Waals surface area contributed by atoms with Crippen LogP contribution >= 0.6 is 0 Å². The Morgan fingerprint density at radius 2 is 2.06 bits per heavy atom. The molecule has 5 heteroatoms. The standard InChI is InChI=1S/C12H15NO4/c14-7-12(3-4-12)6-13-11(17)9-2-1-8(15)5-10(9)16/h1-2,5,14-16H,3-4,6-7H2,(H,13,17). The molecule has 0 atom stereocenters. The number of phenols is 2. The molecular weight excluding hydrogens is 222 g/mol.